The highest BCUT2D eigenvalue weighted by Crippen LogP contribution is 2.36. The third-order valence-electron chi connectivity index (χ3n) is 5.51. The predicted molar refractivity (Wildman–Crippen MR) is 115 cm³/mol. The van der Waals surface area contributed by atoms with Gasteiger partial charge in [-0.05, 0) is 62.7 Å². The minimum absolute atomic E-state index is 0.0168. The van der Waals surface area contributed by atoms with E-state index in [-0.39, 0.29) is 13.1 Å². The molecular formula is C22H23F2N5O3. The lowest BCUT2D eigenvalue weighted by Gasteiger charge is -2.41. The third kappa shape index (κ3) is 3.94. The molecule has 0 bridgehead atoms. The molecular weight excluding hydrogens is 420 g/mol. The molecule has 2 aromatic carbocycles. The number of aliphatic hydroxyl groups is 1. The summed E-state index contributed by atoms with van der Waals surface area (Å²) in [5.74, 6) is -0.959. The molecule has 8 nitrogen and oxygen atoms in total. The van der Waals surface area contributed by atoms with Crippen LogP contribution in [0, 0.1) is 11.6 Å². The number of aromatic nitrogens is 1. The monoisotopic (exact) mass is 443 g/mol. The van der Waals surface area contributed by atoms with E-state index in [0.29, 0.717) is 21.8 Å². The first-order chi connectivity index (χ1) is 15.1. The van der Waals surface area contributed by atoms with Crippen molar-refractivity contribution in [1.29, 1.82) is 0 Å². The molecule has 168 valence electrons. The highest BCUT2D eigenvalue weighted by atomic mass is 19.1. The van der Waals surface area contributed by atoms with Crippen LogP contribution in [-0.4, -0.2) is 51.5 Å². The normalized spacial score (nSPS) is 21.6. The molecule has 10 heteroatoms. The lowest BCUT2D eigenvalue weighted by Crippen LogP contribution is -2.54. The second kappa shape index (κ2) is 7.96. The van der Waals surface area contributed by atoms with Crippen molar-refractivity contribution in [3.63, 3.8) is 0 Å². The molecule has 3 aromatic rings. The average molecular weight is 443 g/mol. The maximum absolute atomic E-state index is 14.0. The number of hydrogen-bond acceptors (Lipinski definition) is 4. The molecule has 0 aliphatic carbocycles. The number of rotatable bonds is 2. The minimum Gasteiger partial charge on any atom is -0.444 e. The van der Waals surface area contributed by atoms with Crippen LogP contribution in [0.15, 0.2) is 41.5 Å². The number of fused-ring (bicyclic) bond motifs is 3. The smallest absolute Gasteiger partial charge is 0.410 e. The summed E-state index contributed by atoms with van der Waals surface area (Å²) in [6, 6.07) is 6.58. The number of benzene rings is 2. The second-order valence-electron chi connectivity index (χ2n) is 8.91. The second-order valence-corrected chi connectivity index (χ2v) is 8.91. The summed E-state index contributed by atoms with van der Waals surface area (Å²) in [6.07, 6.45) is -1.75. The lowest BCUT2D eigenvalue weighted by molar-refractivity contribution is -0.0119. The summed E-state index contributed by atoms with van der Waals surface area (Å²) in [7, 11) is 0. The van der Waals surface area contributed by atoms with E-state index in [0.717, 1.165) is 0 Å². The van der Waals surface area contributed by atoms with Crippen LogP contribution in [0.3, 0.4) is 0 Å². The van der Waals surface area contributed by atoms with Gasteiger partial charge in [0.2, 0.25) is 0 Å². The number of amides is 1. The van der Waals surface area contributed by atoms with Crippen molar-refractivity contribution in [3.05, 3.63) is 58.5 Å². The first-order valence-electron chi connectivity index (χ1n) is 10.2. The Bertz CT molecular complexity index is 1190. The Morgan fingerprint density at radius 3 is 2.19 bits per heavy atom. The van der Waals surface area contributed by atoms with E-state index in [4.69, 9.17) is 10.3 Å². The molecule has 32 heavy (non-hydrogen) atoms. The topological polar surface area (TPSA) is 103 Å². The quantitative estimate of drug-likeness (QED) is 0.346. The number of carbonyl (C=O) groups excluding carboxylic acids is 1. The third-order valence-corrected chi connectivity index (χ3v) is 5.51. The van der Waals surface area contributed by atoms with Gasteiger partial charge in [-0.25, -0.2) is 13.6 Å². The van der Waals surface area contributed by atoms with Gasteiger partial charge in [-0.15, -0.1) is 0 Å². The molecule has 1 fully saturated rings. The largest absolute Gasteiger partial charge is 0.444 e. The van der Waals surface area contributed by atoms with E-state index >= 15 is 0 Å². The molecule has 4 rings (SSSR count). The summed E-state index contributed by atoms with van der Waals surface area (Å²) >= 11 is 0. The van der Waals surface area contributed by atoms with Gasteiger partial charge in [0.1, 0.15) is 17.2 Å². The Morgan fingerprint density at radius 2 is 1.69 bits per heavy atom. The Morgan fingerprint density at radius 1 is 1.12 bits per heavy atom. The van der Waals surface area contributed by atoms with E-state index in [2.05, 4.69) is 10.0 Å². The van der Waals surface area contributed by atoms with Crippen LogP contribution in [-0.2, 0) is 4.74 Å². The Labute approximate surface area is 182 Å². The van der Waals surface area contributed by atoms with Crippen LogP contribution in [0.2, 0.25) is 0 Å². The molecule has 1 N–H and O–H groups in total. The number of carbonyl (C=O) groups is 1. The fraction of sp³-hybridized carbons (Fsp3) is 0.409. The fourth-order valence-electron chi connectivity index (χ4n) is 4.23. The van der Waals surface area contributed by atoms with Crippen molar-refractivity contribution in [2.24, 2.45) is 5.11 Å². The van der Waals surface area contributed by atoms with Crippen molar-refractivity contribution in [2.45, 2.75) is 44.6 Å². The predicted octanol–water partition coefficient (Wildman–Crippen LogP) is 4.90. The molecule has 1 saturated heterocycles. The van der Waals surface area contributed by atoms with E-state index in [1.54, 1.807) is 37.5 Å². The molecule has 3 unspecified atom stereocenters. The number of ether oxygens (including phenoxy) is 1. The van der Waals surface area contributed by atoms with E-state index < -0.39 is 41.5 Å². The molecule has 1 aromatic heterocycles. The highest BCUT2D eigenvalue weighted by Gasteiger charge is 2.40. The van der Waals surface area contributed by atoms with Crippen LogP contribution >= 0.6 is 0 Å². The minimum atomic E-state index is -1.14. The lowest BCUT2D eigenvalue weighted by atomic mass is 9.97. The molecule has 0 spiro atoms. The highest BCUT2D eigenvalue weighted by molar-refractivity contribution is 6.08. The first kappa shape index (κ1) is 21.9. The number of likely N-dealkylation sites (tertiary alicyclic amines) is 1. The van der Waals surface area contributed by atoms with Gasteiger partial charge in [0.15, 0.2) is 0 Å². The molecule has 0 radical (unpaired) electrons. The number of aliphatic hydroxyl groups excluding tert-OH is 1. The number of nitrogens with zero attached hydrogens (tertiary/aromatic N) is 5. The Kier molecular flexibility index (Phi) is 5.44. The van der Waals surface area contributed by atoms with Gasteiger partial charge in [-0.1, -0.05) is 5.11 Å². The van der Waals surface area contributed by atoms with Crippen LogP contribution < -0.4 is 0 Å². The van der Waals surface area contributed by atoms with E-state index in [1.165, 1.54) is 29.2 Å². The standard InChI is InChI=1S/C22H23F2N5O3/c1-22(2,3)32-21(31)28-10-16(26-27-25)20(30)19(11-28)29-17-6-4-12(23)8-14(17)15-9-13(24)5-7-18(15)29/h4-9,16,19-20,30H,10-11H2,1-3H3. The Balaban J connectivity index is 1.87. The number of piperidine rings is 1. The number of halogens is 2. The van der Waals surface area contributed by atoms with Crippen LogP contribution in [0.25, 0.3) is 32.2 Å². The van der Waals surface area contributed by atoms with Crippen molar-refractivity contribution < 1.29 is 23.4 Å². The molecule has 1 amide bonds. The maximum atomic E-state index is 14.0. The molecule has 0 saturated carbocycles. The van der Waals surface area contributed by atoms with Crippen LogP contribution in [0.5, 0.6) is 0 Å². The van der Waals surface area contributed by atoms with Gasteiger partial charge in [0, 0.05) is 39.8 Å². The zero-order chi connectivity index (χ0) is 23.2. The molecule has 1 aliphatic rings. The first-order valence-corrected chi connectivity index (χ1v) is 10.2. The van der Waals surface area contributed by atoms with Gasteiger partial charge in [-0.2, -0.15) is 0 Å². The maximum Gasteiger partial charge on any atom is 0.410 e. The summed E-state index contributed by atoms with van der Waals surface area (Å²) in [4.78, 5) is 17.0. The van der Waals surface area contributed by atoms with E-state index in [1.807, 2.05) is 0 Å². The summed E-state index contributed by atoms with van der Waals surface area (Å²) < 4.78 is 35.2. The van der Waals surface area contributed by atoms with E-state index in [9.17, 15) is 18.7 Å². The van der Waals surface area contributed by atoms with Crippen molar-refractivity contribution in [3.8, 4) is 0 Å². The van der Waals surface area contributed by atoms with Crippen molar-refractivity contribution >= 4 is 27.9 Å². The Hall–Kier alpha value is -3.36. The number of azide groups is 1. The fourth-order valence-corrected chi connectivity index (χ4v) is 4.23. The van der Waals surface area contributed by atoms with Gasteiger partial charge in [0.25, 0.3) is 0 Å². The van der Waals surface area contributed by atoms with Crippen LogP contribution in [0.4, 0.5) is 13.6 Å². The summed E-state index contributed by atoms with van der Waals surface area (Å²) in [5, 5.41) is 15.7. The van der Waals surface area contributed by atoms with Gasteiger partial charge < -0.3 is 19.3 Å². The zero-order valence-corrected chi connectivity index (χ0v) is 17.9. The van der Waals surface area contributed by atoms with Gasteiger partial charge >= 0.3 is 6.09 Å². The van der Waals surface area contributed by atoms with Crippen molar-refractivity contribution in [2.75, 3.05) is 13.1 Å². The molecule has 3 atom stereocenters. The number of hydrogen-bond donors (Lipinski definition) is 1. The van der Waals surface area contributed by atoms with Gasteiger partial charge in [-0.3, -0.25) is 0 Å². The summed E-state index contributed by atoms with van der Waals surface area (Å²) in [5.41, 5.74) is 9.37. The molecule has 1 aliphatic heterocycles. The zero-order valence-electron chi connectivity index (χ0n) is 17.9. The van der Waals surface area contributed by atoms with Gasteiger partial charge in [0.05, 0.1) is 18.2 Å². The summed E-state index contributed by atoms with van der Waals surface area (Å²) in [6.45, 7) is 5.25. The average Bonchev–Trinajstić information content (AvgIpc) is 3.01. The molecule has 2 heterocycles. The SMILES string of the molecule is CC(C)(C)OC(=O)N1CC(N=[N+]=[N-])C(O)C(n2c3ccc(F)cc3c3cc(F)ccc32)C1. The van der Waals surface area contributed by atoms with Crippen LogP contribution in [0.1, 0.15) is 26.8 Å². The van der Waals surface area contributed by atoms with Crippen molar-refractivity contribution in [1.82, 2.24) is 9.47 Å².